The quantitative estimate of drug-likeness (QED) is 0.777. The Labute approximate surface area is 113 Å². The molecule has 1 aromatic carbocycles. The summed E-state index contributed by atoms with van der Waals surface area (Å²) in [5.74, 6) is -0.270. The summed E-state index contributed by atoms with van der Waals surface area (Å²) in [4.78, 5) is 24.1. The Balaban J connectivity index is 1.87. The largest absolute Gasteiger partial charge is 0.321 e. The molecule has 0 bridgehead atoms. The van der Waals surface area contributed by atoms with Crippen LogP contribution in [0.25, 0.3) is 10.2 Å². The van der Waals surface area contributed by atoms with Crippen LogP contribution in [0.15, 0.2) is 36.8 Å². The zero-order valence-electron chi connectivity index (χ0n) is 10.1. The predicted molar refractivity (Wildman–Crippen MR) is 74.3 cm³/mol. The van der Waals surface area contributed by atoms with E-state index in [1.807, 2.05) is 25.1 Å². The van der Waals surface area contributed by atoms with E-state index in [0.717, 1.165) is 20.9 Å². The maximum Gasteiger partial charge on any atom is 0.275 e. The molecule has 0 radical (unpaired) electrons. The Morgan fingerprint density at radius 3 is 3.00 bits per heavy atom. The molecule has 5 nitrogen and oxygen atoms in total. The van der Waals surface area contributed by atoms with E-state index in [-0.39, 0.29) is 5.91 Å². The number of rotatable bonds is 2. The number of nitrogens with zero attached hydrogens (tertiary/aromatic N) is 3. The van der Waals surface area contributed by atoms with Gasteiger partial charge in [-0.3, -0.25) is 9.78 Å². The number of fused-ring (bicyclic) bond motifs is 1. The molecule has 0 atom stereocenters. The minimum Gasteiger partial charge on any atom is -0.321 e. The van der Waals surface area contributed by atoms with Gasteiger partial charge in [0.2, 0.25) is 0 Å². The molecule has 94 valence electrons. The van der Waals surface area contributed by atoms with Gasteiger partial charge in [0.15, 0.2) is 0 Å². The van der Waals surface area contributed by atoms with Crippen LogP contribution in [0, 0.1) is 6.92 Å². The van der Waals surface area contributed by atoms with Crippen molar-refractivity contribution >= 4 is 33.1 Å². The summed E-state index contributed by atoms with van der Waals surface area (Å²) >= 11 is 1.60. The number of carbonyl (C=O) groups is 1. The highest BCUT2D eigenvalue weighted by molar-refractivity contribution is 7.18. The average Bonchev–Trinajstić information content (AvgIpc) is 2.79. The first kappa shape index (κ1) is 11.7. The first-order valence-electron chi connectivity index (χ1n) is 5.67. The van der Waals surface area contributed by atoms with Crippen LogP contribution in [0.4, 0.5) is 5.69 Å². The first-order chi connectivity index (χ1) is 9.22. The highest BCUT2D eigenvalue weighted by atomic mass is 32.1. The minimum atomic E-state index is -0.270. The van der Waals surface area contributed by atoms with Gasteiger partial charge in [-0.05, 0) is 25.1 Å². The molecule has 0 unspecified atom stereocenters. The molecule has 0 aliphatic carbocycles. The molecule has 2 aromatic heterocycles. The van der Waals surface area contributed by atoms with Gasteiger partial charge in [0.05, 0.1) is 21.4 Å². The third kappa shape index (κ3) is 2.43. The van der Waals surface area contributed by atoms with Crippen molar-refractivity contribution in [2.75, 3.05) is 5.32 Å². The number of carbonyl (C=O) groups excluding carboxylic acids is 1. The van der Waals surface area contributed by atoms with Crippen LogP contribution < -0.4 is 5.32 Å². The topological polar surface area (TPSA) is 67.8 Å². The Bertz CT molecular complexity index is 739. The number of nitrogens with one attached hydrogen (secondary N) is 1. The fraction of sp³-hybridized carbons (Fsp3) is 0.0769. The lowest BCUT2D eigenvalue weighted by Crippen LogP contribution is -2.13. The lowest BCUT2D eigenvalue weighted by molar-refractivity contribution is 0.102. The maximum atomic E-state index is 11.9. The number of benzene rings is 1. The van der Waals surface area contributed by atoms with E-state index < -0.39 is 0 Å². The average molecular weight is 270 g/mol. The van der Waals surface area contributed by atoms with Crippen molar-refractivity contribution in [1.82, 2.24) is 15.0 Å². The van der Waals surface area contributed by atoms with Crippen LogP contribution in [-0.4, -0.2) is 20.9 Å². The summed E-state index contributed by atoms with van der Waals surface area (Å²) in [6, 6.07) is 5.63. The van der Waals surface area contributed by atoms with E-state index in [2.05, 4.69) is 20.3 Å². The minimum absolute atomic E-state index is 0.270. The zero-order chi connectivity index (χ0) is 13.2. The molecule has 0 saturated carbocycles. The first-order valence-corrected chi connectivity index (χ1v) is 6.48. The van der Waals surface area contributed by atoms with E-state index in [1.165, 1.54) is 18.6 Å². The van der Waals surface area contributed by atoms with Crippen LogP contribution >= 0.6 is 11.3 Å². The third-order valence-corrected chi connectivity index (χ3v) is 3.48. The fourth-order valence-electron chi connectivity index (χ4n) is 1.73. The van der Waals surface area contributed by atoms with Gasteiger partial charge < -0.3 is 5.32 Å². The predicted octanol–water partition coefficient (Wildman–Crippen LogP) is 2.65. The number of hydrogen-bond donors (Lipinski definition) is 1. The zero-order valence-corrected chi connectivity index (χ0v) is 10.9. The van der Waals surface area contributed by atoms with Crippen molar-refractivity contribution in [3.63, 3.8) is 0 Å². The molecule has 1 N–H and O–H groups in total. The number of aromatic nitrogens is 3. The van der Waals surface area contributed by atoms with E-state index in [4.69, 9.17) is 0 Å². The number of anilines is 1. The lowest BCUT2D eigenvalue weighted by atomic mass is 10.3. The van der Waals surface area contributed by atoms with Crippen molar-refractivity contribution < 1.29 is 4.79 Å². The monoisotopic (exact) mass is 270 g/mol. The van der Waals surface area contributed by atoms with Crippen molar-refractivity contribution in [2.24, 2.45) is 0 Å². The standard InChI is InChI=1S/C13H10N4OS/c1-8-16-10-3-2-9(6-12(10)19-8)17-13(18)11-7-14-4-5-15-11/h2-7H,1H3,(H,17,18). The molecule has 3 aromatic rings. The molecular formula is C13H10N4OS. The van der Waals surface area contributed by atoms with Crippen LogP contribution in [-0.2, 0) is 0 Å². The van der Waals surface area contributed by atoms with Gasteiger partial charge in [-0.2, -0.15) is 0 Å². The van der Waals surface area contributed by atoms with Crippen molar-refractivity contribution in [1.29, 1.82) is 0 Å². The second-order valence-electron chi connectivity index (χ2n) is 3.96. The van der Waals surface area contributed by atoms with Gasteiger partial charge in [0, 0.05) is 18.1 Å². The second kappa shape index (κ2) is 4.74. The normalized spacial score (nSPS) is 10.6. The van der Waals surface area contributed by atoms with E-state index >= 15 is 0 Å². The van der Waals surface area contributed by atoms with Gasteiger partial charge in [-0.1, -0.05) is 0 Å². The summed E-state index contributed by atoms with van der Waals surface area (Å²) in [5.41, 5.74) is 1.97. The van der Waals surface area contributed by atoms with E-state index in [1.54, 1.807) is 11.3 Å². The number of aryl methyl sites for hydroxylation is 1. The summed E-state index contributed by atoms with van der Waals surface area (Å²) in [6.07, 6.45) is 4.46. The van der Waals surface area contributed by atoms with Gasteiger partial charge >= 0.3 is 0 Å². The van der Waals surface area contributed by atoms with Gasteiger partial charge in [-0.15, -0.1) is 11.3 Å². The molecule has 3 rings (SSSR count). The number of hydrogen-bond acceptors (Lipinski definition) is 5. The number of thiazole rings is 1. The third-order valence-electron chi connectivity index (χ3n) is 2.55. The molecule has 0 saturated heterocycles. The highest BCUT2D eigenvalue weighted by Gasteiger charge is 2.08. The SMILES string of the molecule is Cc1nc2ccc(NC(=O)c3cnccn3)cc2s1. The second-order valence-corrected chi connectivity index (χ2v) is 5.19. The van der Waals surface area contributed by atoms with Gasteiger partial charge in [0.25, 0.3) is 5.91 Å². The summed E-state index contributed by atoms with van der Waals surface area (Å²) in [6.45, 7) is 1.96. The molecule has 1 amide bonds. The molecule has 0 spiro atoms. The molecule has 0 aliphatic rings. The molecule has 0 aliphatic heterocycles. The van der Waals surface area contributed by atoms with Crippen LogP contribution in [0.3, 0.4) is 0 Å². The molecule has 0 fully saturated rings. The molecule has 2 heterocycles. The Kier molecular flexibility index (Phi) is 2.92. The fourth-order valence-corrected chi connectivity index (χ4v) is 2.60. The molecule has 6 heteroatoms. The van der Waals surface area contributed by atoms with Gasteiger partial charge in [0.1, 0.15) is 5.69 Å². The van der Waals surface area contributed by atoms with Crippen LogP contribution in [0.2, 0.25) is 0 Å². The lowest BCUT2D eigenvalue weighted by Gasteiger charge is -2.03. The van der Waals surface area contributed by atoms with E-state index in [0.29, 0.717) is 5.69 Å². The molecule has 19 heavy (non-hydrogen) atoms. The Hall–Kier alpha value is -2.34. The van der Waals surface area contributed by atoms with Crippen LogP contribution in [0.1, 0.15) is 15.5 Å². The van der Waals surface area contributed by atoms with Gasteiger partial charge in [-0.25, -0.2) is 9.97 Å². The summed E-state index contributed by atoms with van der Waals surface area (Å²) < 4.78 is 1.05. The van der Waals surface area contributed by atoms with Crippen molar-refractivity contribution in [2.45, 2.75) is 6.92 Å². The number of amides is 1. The smallest absolute Gasteiger partial charge is 0.275 e. The van der Waals surface area contributed by atoms with Crippen molar-refractivity contribution in [3.05, 3.63) is 47.5 Å². The maximum absolute atomic E-state index is 11.9. The summed E-state index contributed by atoms with van der Waals surface area (Å²) in [7, 11) is 0. The van der Waals surface area contributed by atoms with Crippen molar-refractivity contribution in [3.8, 4) is 0 Å². The van der Waals surface area contributed by atoms with E-state index in [9.17, 15) is 4.79 Å². The summed E-state index contributed by atoms with van der Waals surface area (Å²) in [5, 5.41) is 3.80. The highest BCUT2D eigenvalue weighted by Crippen LogP contribution is 2.24. The van der Waals surface area contributed by atoms with Crippen LogP contribution in [0.5, 0.6) is 0 Å². The molecular weight excluding hydrogens is 260 g/mol. The Morgan fingerprint density at radius 2 is 2.21 bits per heavy atom. The Morgan fingerprint density at radius 1 is 1.32 bits per heavy atom.